The molecule has 0 radical (unpaired) electrons. The van der Waals surface area contributed by atoms with Gasteiger partial charge in [-0.1, -0.05) is 29.8 Å². The maximum Gasteiger partial charge on any atom is 0.249 e. The van der Waals surface area contributed by atoms with Gasteiger partial charge in [-0.15, -0.1) is 0 Å². The highest BCUT2D eigenvalue weighted by molar-refractivity contribution is 6.06. The van der Waals surface area contributed by atoms with Crippen LogP contribution in [-0.4, -0.2) is 54.9 Å². The number of aryl methyl sites for hydroxylation is 1. The number of aliphatic imine (C=N–C) groups is 1. The summed E-state index contributed by atoms with van der Waals surface area (Å²) in [4.78, 5) is 33.2. The fourth-order valence-electron chi connectivity index (χ4n) is 3.62. The predicted molar refractivity (Wildman–Crippen MR) is 114 cm³/mol. The Balaban J connectivity index is 1.41. The molecule has 0 aliphatic carbocycles. The molecule has 4 rings (SSSR count). The number of amides is 2. The lowest BCUT2D eigenvalue weighted by atomic mass is 10.1. The maximum atomic E-state index is 14.0. The van der Waals surface area contributed by atoms with Crippen LogP contribution in [0.3, 0.4) is 0 Å². The molecule has 2 aliphatic rings. The van der Waals surface area contributed by atoms with Crippen molar-refractivity contribution in [1.82, 2.24) is 10.2 Å². The van der Waals surface area contributed by atoms with Gasteiger partial charge in [-0.2, -0.15) is 0 Å². The summed E-state index contributed by atoms with van der Waals surface area (Å²) < 4.78 is 14.0. The molecule has 0 aromatic heterocycles. The Labute approximate surface area is 174 Å². The van der Waals surface area contributed by atoms with Gasteiger partial charge < -0.3 is 15.1 Å². The maximum absolute atomic E-state index is 14.0. The summed E-state index contributed by atoms with van der Waals surface area (Å²) in [7, 11) is 0. The molecule has 30 heavy (non-hydrogen) atoms. The van der Waals surface area contributed by atoms with Crippen molar-refractivity contribution >= 4 is 29.1 Å². The number of para-hydroxylation sites is 1. The normalized spacial score (nSPS) is 19.2. The third-order valence-electron chi connectivity index (χ3n) is 5.30. The molecule has 0 saturated carbocycles. The van der Waals surface area contributed by atoms with E-state index in [1.807, 2.05) is 47.1 Å². The number of rotatable bonds is 3. The van der Waals surface area contributed by atoms with E-state index >= 15 is 0 Å². The molecule has 0 unspecified atom stereocenters. The fraction of sp³-hybridized carbons (Fsp3) is 0.318. The van der Waals surface area contributed by atoms with E-state index in [1.165, 1.54) is 6.07 Å². The van der Waals surface area contributed by atoms with E-state index in [1.54, 1.807) is 12.1 Å². The van der Waals surface area contributed by atoms with Gasteiger partial charge in [0.05, 0.1) is 12.1 Å². The Morgan fingerprint density at radius 1 is 1.07 bits per heavy atom. The SMILES string of the molecule is Cc1ccc(NC(=O)[C@@H]2CC(=O)NC(N3CCN(c4ccccc4F)CC3)=N2)cc1. The standard InChI is InChI=1S/C22H24FN5O2/c1-15-6-8-16(9-7-15)24-21(30)18-14-20(29)26-22(25-18)28-12-10-27(11-13-28)19-5-3-2-4-17(19)23/h2-9,18H,10-14H2,1H3,(H,24,30)(H,25,26,29)/t18-/m0/s1. The second-order valence-corrected chi connectivity index (χ2v) is 7.50. The van der Waals surface area contributed by atoms with Gasteiger partial charge in [0.25, 0.3) is 0 Å². The Kier molecular flexibility index (Phi) is 5.65. The number of piperazine rings is 1. The third-order valence-corrected chi connectivity index (χ3v) is 5.30. The molecule has 7 nitrogen and oxygen atoms in total. The first kappa shape index (κ1) is 19.9. The molecular formula is C22H24FN5O2. The molecule has 2 heterocycles. The van der Waals surface area contributed by atoms with E-state index in [4.69, 9.17) is 0 Å². The highest BCUT2D eigenvalue weighted by Crippen LogP contribution is 2.21. The zero-order valence-corrected chi connectivity index (χ0v) is 16.8. The molecule has 1 atom stereocenters. The number of hydrogen-bond donors (Lipinski definition) is 2. The van der Waals surface area contributed by atoms with Crippen molar-refractivity contribution in [2.45, 2.75) is 19.4 Å². The lowest BCUT2D eigenvalue weighted by molar-refractivity contribution is -0.125. The molecular weight excluding hydrogens is 385 g/mol. The Bertz CT molecular complexity index is 968. The highest BCUT2D eigenvalue weighted by Gasteiger charge is 2.31. The fourth-order valence-corrected chi connectivity index (χ4v) is 3.62. The van der Waals surface area contributed by atoms with Crippen molar-refractivity contribution in [2.24, 2.45) is 4.99 Å². The van der Waals surface area contributed by atoms with E-state index < -0.39 is 6.04 Å². The molecule has 8 heteroatoms. The summed E-state index contributed by atoms with van der Waals surface area (Å²) in [6.45, 7) is 4.30. The van der Waals surface area contributed by atoms with Crippen LogP contribution in [0.25, 0.3) is 0 Å². The van der Waals surface area contributed by atoms with Gasteiger partial charge in [0, 0.05) is 31.9 Å². The molecule has 0 bridgehead atoms. The second-order valence-electron chi connectivity index (χ2n) is 7.50. The summed E-state index contributed by atoms with van der Waals surface area (Å²) in [5.74, 6) is -0.387. The Morgan fingerprint density at radius 2 is 1.73 bits per heavy atom. The van der Waals surface area contributed by atoms with Crippen LogP contribution in [0, 0.1) is 12.7 Å². The van der Waals surface area contributed by atoms with Crippen molar-refractivity contribution in [3.05, 3.63) is 59.9 Å². The number of nitrogens with one attached hydrogen (secondary N) is 2. The van der Waals surface area contributed by atoms with Crippen molar-refractivity contribution in [3.8, 4) is 0 Å². The Morgan fingerprint density at radius 3 is 2.43 bits per heavy atom. The smallest absolute Gasteiger partial charge is 0.249 e. The van der Waals surface area contributed by atoms with E-state index in [-0.39, 0.29) is 24.1 Å². The molecule has 2 aromatic rings. The topological polar surface area (TPSA) is 77.0 Å². The Hall–Kier alpha value is -3.42. The lowest BCUT2D eigenvalue weighted by Crippen LogP contribution is -2.56. The number of guanidine groups is 1. The van der Waals surface area contributed by atoms with Gasteiger partial charge in [0.2, 0.25) is 17.8 Å². The van der Waals surface area contributed by atoms with Crippen LogP contribution in [0.15, 0.2) is 53.5 Å². The van der Waals surface area contributed by atoms with Gasteiger partial charge >= 0.3 is 0 Å². The molecule has 2 N–H and O–H groups in total. The average Bonchev–Trinajstić information content (AvgIpc) is 2.75. The average molecular weight is 409 g/mol. The largest absolute Gasteiger partial charge is 0.366 e. The molecule has 2 aliphatic heterocycles. The van der Waals surface area contributed by atoms with Crippen LogP contribution in [0.1, 0.15) is 12.0 Å². The lowest BCUT2D eigenvalue weighted by Gasteiger charge is -2.38. The molecule has 2 aromatic carbocycles. The van der Waals surface area contributed by atoms with E-state index in [0.29, 0.717) is 43.5 Å². The number of carbonyl (C=O) groups excluding carboxylic acids is 2. The summed E-state index contributed by atoms with van der Waals surface area (Å²) in [5.41, 5.74) is 2.34. The number of carbonyl (C=O) groups is 2. The van der Waals surface area contributed by atoms with Crippen LogP contribution in [0.2, 0.25) is 0 Å². The van der Waals surface area contributed by atoms with Crippen LogP contribution in [0.4, 0.5) is 15.8 Å². The van der Waals surface area contributed by atoms with Crippen LogP contribution < -0.4 is 15.5 Å². The minimum Gasteiger partial charge on any atom is -0.366 e. The van der Waals surface area contributed by atoms with Crippen LogP contribution in [-0.2, 0) is 9.59 Å². The molecule has 2 amide bonds. The molecule has 156 valence electrons. The van der Waals surface area contributed by atoms with Crippen molar-refractivity contribution in [3.63, 3.8) is 0 Å². The second kappa shape index (κ2) is 8.52. The highest BCUT2D eigenvalue weighted by atomic mass is 19.1. The minimum atomic E-state index is -0.778. The minimum absolute atomic E-state index is 0.0103. The van der Waals surface area contributed by atoms with Gasteiger partial charge in [-0.25, -0.2) is 9.38 Å². The zero-order valence-electron chi connectivity index (χ0n) is 16.8. The van der Waals surface area contributed by atoms with Gasteiger partial charge in [-0.3, -0.25) is 14.9 Å². The predicted octanol–water partition coefficient (Wildman–Crippen LogP) is 2.14. The van der Waals surface area contributed by atoms with Crippen molar-refractivity contribution in [2.75, 3.05) is 36.4 Å². The van der Waals surface area contributed by atoms with Crippen LogP contribution >= 0.6 is 0 Å². The summed E-state index contributed by atoms with van der Waals surface area (Å²) >= 11 is 0. The third kappa shape index (κ3) is 4.42. The van der Waals surface area contributed by atoms with Crippen molar-refractivity contribution in [1.29, 1.82) is 0 Å². The van der Waals surface area contributed by atoms with Crippen LogP contribution in [0.5, 0.6) is 0 Å². The van der Waals surface area contributed by atoms with Gasteiger partial charge in [0.1, 0.15) is 11.9 Å². The van der Waals surface area contributed by atoms with Gasteiger partial charge in [0.15, 0.2) is 0 Å². The first-order valence-corrected chi connectivity index (χ1v) is 9.99. The number of halogens is 1. The first-order valence-electron chi connectivity index (χ1n) is 9.99. The van der Waals surface area contributed by atoms with E-state index in [9.17, 15) is 14.0 Å². The van der Waals surface area contributed by atoms with Crippen molar-refractivity contribution < 1.29 is 14.0 Å². The first-order chi connectivity index (χ1) is 14.5. The summed E-state index contributed by atoms with van der Waals surface area (Å²) in [6.07, 6.45) is 0.0103. The summed E-state index contributed by atoms with van der Waals surface area (Å²) in [5, 5.41) is 5.60. The molecule has 1 fully saturated rings. The number of nitrogens with zero attached hydrogens (tertiary/aromatic N) is 3. The summed E-state index contributed by atoms with van der Waals surface area (Å²) in [6, 6.07) is 13.4. The molecule has 0 spiro atoms. The number of benzene rings is 2. The quantitative estimate of drug-likeness (QED) is 0.814. The number of hydrogen-bond acceptors (Lipinski definition) is 5. The zero-order chi connectivity index (χ0) is 21.1. The van der Waals surface area contributed by atoms with E-state index in [0.717, 1.165) is 5.56 Å². The number of anilines is 2. The molecule has 1 saturated heterocycles. The van der Waals surface area contributed by atoms with E-state index in [2.05, 4.69) is 15.6 Å². The monoisotopic (exact) mass is 409 g/mol. The van der Waals surface area contributed by atoms with Gasteiger partial charge in [-0.05, 0) is 31.2 Å².